The van der Waals surface area contributed by atoms with Gasteiger partial charge in [-0.2, -0.15) is 0 Å². The molecule has 2 heterocycles. The van der Waals surface area contributed by atoms with Gasteiger partial charge in [-0.15, -0.1) is 0 Å². The van der Waals surface area contributed by atoms with Crippen LogP contribution in [-0.2, 0) is 0 Å². The molecule has 0 radical (unpaired) electrons. The highest BCUT2D eigenvalue weighted by Crippen LogP contribution is 2.22. The fourth-order valence-electron chi connectivity index (χ4n) is 3.56. The van der Waals surface area contributed by atoms with E-state index in [0.29, 0.717) is 37.4 Å². The number of amides is 1. The van der Waals surface area contributed by atoms with Gasteiger partial charge < -0.3 is 14.4 Å². The van der Waals surface area contributed by atoms with Crippen LogP contribution in [0.2, 0.25) is 0 Å². The van der Waals surface area contributed by atoms with Crippen molar-refractivity contribution in [3.63, 3.8) is 0 Å². The molecule has 0 bridgehead atoms. The van der Waals surface area contributed by atoms with Crippen molar-refractivity contribution in [1.82, 2.24) is 9.47 Å². The molecule has 1 amide bonds. The molecule has 1 aromatic heterocycles. The lowest BCUT2D eigenvalue weighted by Gasteiger charge is -2.36. The summed E-state index contributed by atoms with van der Waals surface area (Å²) < 4.78 is 16.0. The highest BCUT2D eigenvalue weighted by Gasteiger charge is 2.24. The van der Waals surface area contributed by atoms with Crippen molar-refractivity contribution in [2.45, 2.75) is 6.92 Å². The Labute approximate surface area is 158 Å². The van der Waals surface area contributed by atoms with Crippen LogP contribution in [-0.4, -0.2) is 41.6 Å². The van der Waals surface area contributed by atoms with Gasteiger partial charge in [0, 0.05) is 49.8 Å². The van der Waals surface area contributed by atoms with Crippen molar-refractivity contribution < 1.29 is 9.18 Å². The fourth-order valence-corrected chi connectivity index (χ4v) is 3.56. The van der Waals surface area contributed by atoms with Crippen molar-refractivity contribution in [3.8, 4) is 5.69 Å². The molecule has 1 fully saturated rings. The number of para-hydroxylation sites is 1. The number of carbonyl (C=O) groups is 1. The Bertz CT molecular complexity index is 944. The van der Waals surface area contributed by atoms with E-state index < -0.39 is 0 Å². The van der Waals surface area contributed by atoms with Gasteiger partial charge >= 0.3 is 0 Å². The average Bonchev–Trinajstić information content (AvgIpc) is 3.23. The maximum Gasteiger partial charge on any atom is 0.254 e. The number of aromatic nitrogens is 1. The van der Waals surface area contributed by atoms with Crippen LogP contribution in [0.25, 0.3) is 5.69 Å². The van der Waals surface area contributed by atoms with E-state index in [0.717, 1.165) is 11.3 Å². The molecule has 1 saturated heterocycles. The van der Waals surface area contributed by atoms with Gasteiger partial charge in [0.15, 0.2) is 0 Å². The molecule has 27 heavy (non-hydrogen) atoms. The SMILES string of the molecule is Cc1ccc(C(=O)N2CCN(c3ccccc3F)CC2)cc1-n1cccc1. The molecular formula is C22H22FN3O. The number of benzene rings is 2. The summed E-state index contributed by atoms with van der Waals surface area (Å²) in [6, 6.07) is 16.5. The minimum Gasteiger partial charge on any atom is -0.366 e. The van der Waals surface area contributed by atoms with E-state index >= 15 is 0 Å². The van der Waals surface area contributed by atoms with Gasteiger partial charge in [0.25, 0.3) is 5.91 Å². The average molecular weight is 363 g/mol. The topological polar surface area (TPSA) is 28.5 Å². The van der Waals surface area contributed by atoms with E-state index in [1.54, 1.807) is 12.1 Å². The quantitative estimate of drug-likeness (QED) is 0.706. The number of hydrogen-bond donors (Lipinski definition) is 0. The predicted octanol–water partition coefficient (Wildman–Crippen LogP) is 3.89. The first-order valence-electron chi connectivity index (χ1n) is 9.16. The van der Waals surface area contributed by atoms with Gasteiger partial charge in [0.05, 0.1) is 5.69 Å². The second-order valence-electron chi connectivity index (χ2n) is 6.82. The Morgan fingerprint density at radius 1 is 0.889 bits per heavy atom. The largest absolute Gasteiger partial charge is 0.366 e. The van der Waals surface area contributed by atoms with Gasteiger partial charge in [-0.3, -0.25) is 4.79 Å². The third-order valence-electron chi connectivity index (χ3n) is 5.10. The summed E-state index contributed by atoms with van der Waals surface area (Å²) in [4.78, 5) is 16.8. The molecule has 5 heteroatoms. The summed E-state index contributed by atoms with van der Waals surface area (Å²) in [6.45, 7) is 4.46. The molecule has 0 N–H and O–H groups in total. The van der Waals surface area contributed by atoms with Gasteiger partial charge in [0.1, 0.15) is 5.82 Å². The summed E-state index contributed by atoms with van der Waals surface area (Å²) in [7, 11) is 0. The fraction of sp³-hybridized carbons (Fsp3) is 0.227. The number of carbonyl (C=O) groups excluding carboxylic acids is 1. The van der Waals surface area contributed by atoms with E-state index in [-0.39, 0.29) is 11.7 Å². The van der Waals surface area contributed by atoms with Crippen molar-refractivity contribution in [3.05, 3.63) is 83.9 Å². The molecule has 1 aliphatic rings. The zero-order valence-corrected chi connectivity index (χ0v) is 15.3. The summed E-state index contributed by atoms with van der Waals surface area (Å²) in [5.74, 6) is -0.191. The molecule has 2 aromatic carbocycles. The zero-order valence-electron chi connectivity index (χ0n) is 15.3. The summed E-state index contributed by atoms with van der Waals surface area (Å²) in [5.41, 5.74) is 3.42. The van der Waals surface area contributed by atoms with Crippen molar-refractivity contribution in [2.24, 2.45) is 0 Å². The predicted molar refractivity (Wildman–Crippen MR) is 105 cm³/mol. The molecule has 0 aliphatic carbocycles. The van der Waals surface area contributed by atoms with E-state index in [2.05, 4.69) is 0 Å². The maximum atomic E-state index is 14.0. The summed E-state index contributed by atoms with van der Waals surface area (Å²) in [6.07, 6.45) is 3.95. The van der Waals surface area contributed by atoms with Gasteiger partial charge in [-0.1, -0.05) is 18.2 Å². The van der Waals surface area contributed by atoms with Gasteiger partial charge in [-0.05, 0) is 48.9 Å². The second kappa shape index (κ2) is 7.27. The van der Waals surface area contributed by atoms with Gasteiger partial charge in [-0.25, -0.2) is 4.39 Å². The molecule has 4 rings (SSSR count). The number of halogens is 1. The minimum absolute atomic E-state index is 0.0246. The van der Waals surface area contributed by atoms with Crippen LogP contribution in [0.4, 0.5) is 10.1 Å². The molecule has 0 saturated carbocycles. The standard InChI is InChI=1S/C22H22FN3O/c1-17-8-9-18(16-21(17)24-10-4-5-11-24)22(27)26-14-12-25(13-15-26)20-7-3-2-6-19(20)23/h2-11,16H,12-15H2,1H3. The van der Waals surface area contributed by atoms with E-state index in [4.69, 9.17) is 0 Å². The lowest BCUT2D eigenvalue weighted by atomic mass is 10.1. The highest BCUT2D eigenvalue weighted by atomic mass is 19.1. The van der Waals surface area contributed by atoms with Crippen LogP contribution < -0.4 is 4.90 Å². The molecular weight excluding hydrogens is 341 g/mol. The Kier molecular flexibility index (Phi) is 4.67. The lowest BCUT2D eigenvalue weighted by molar-refractivity contribution is 0.0746. The molecule has 3 aromatic rings. The number of aryl methyl sites for hydroxylation is 1. The highest BCUT2D eigenvalue weighted by molar-refractivity contribution is 5.95. The second-order valence-corrected chi connectivity index (χ2v) is 6.82. The maximum absolute atomic E-state index is 14.0. The van der Waals surface area contributed by atoms with Crippen LogP contribution >= 0.6 is 0 Å². The molecule has 0 spiro atoms. The van der Waals surface area contributed by atoms with E-state index in [1.165, 1.54) is 6.07 Å². The number of anilines is 1. The number of hydrogen-bond acceptors (Lipinski definition) is 2. The first-order chi connectivity index (χ1) is 13.1. The first-order valence-corrected chi connectivity index (χ1v) is 9.16. The smallest absolute Gasteiger partial charge is 0.254 e. The third kappa shape index (κ3) is 3.45. The van der Waals surface area contributed by atoms with E-state index in [1.807, 2.05) is 70.1 Å². The van der Waals surface area contributed by atoms with Crippen molar-refractivity contribution in [1.29, 1.82) is 0 Å². The normalized spacial score (nSPS) is 14.4. The number of rotatable bonds is 3. The zero-order chi connectivity index (χ0) is 18.8. The van der Waals surface area contributed by atoms with Crippen LogP contribution in [0.3, 0.4) is 0 Å². The molecule has 4 nitrogen and oxygen atoms in total. The van der Waals surface area contributed by atoms with E-state index in [9.17, 15) is 9.18 Å². The number of nitrogens with zero attached hydrogens (tertiary/aromatic N) is 3. The minimum atomic E-state index is -0.216. The Morgan fingerprint density at radius 2 is 1.59 bits per heavy atom. The number of piperazine rings is 1. The molecule has 1 aliphatic heterocycles. The van der Waals surface area contributed by atoms with Gasteiger partial charge in [0.2, 0.25) is 0 Å². The van der Waals surface area contributed by atoms with Crippen LogP contribution in [0.15, 0.2) is 67.0 Å². The Hall–Kier alpha value is -3.08. The first kappa shape index (κ1) is 17.3. The van der Waals surface area contributed by atoms with Crippen molar-refractivity contribution in [2.75, 3.05) is 31.1 Å². The summed E-state index contributed by atoms with van der Waals surface area (Å²) in [5, 5.41) is 0. The van der Waals surface area contributed by atoms with Crippen LogP contribution in [0.5, 0.6) is 0 Å². The molecule has 0 unspecified atom stereocenters. The third-order valence-corrected chi connectivity index (χ3v) is 5.10. The van der Waals surface area contributed by atoms with Crippen LogP contribution in [0.1, 0.15) is 15.9 Å². The van der Waals surface area contributed by atoms with Crippen molar-refractivity contribution >= 4 is 11.6 Å². The Morgan fingerprint density at radius 3 is 2.30 bits per heavy atom. The lowest BCUT2D eigenvalue weighted by Crippen LogP contribution is -2.49. The monoisotopic (exact) mass is 363 g/mol. The molecule has 138 valence electrons. The Balaban J connectivity index is 1.49. The van der Waals surface area contributed by atoms with Crippen LogP contribution in [0, 0.1) is 12.7 Å². The summed E-state index contributed by atoms with van der Waals surface area (Å²) >= 11 is 0. The molecule has 0 atom stereocenters.